The SMILES string of the molecule is CC1[C-]=C(c2ccsc2)C=C1.Cc1cc2c(c(C)c1C)C(C)c1c3c(c4ccccc4c1-2)C(C)C(C)C(C)[C-]3C.[Cl-].[Cl-].[Zr+2]=[C](c1ccccc1)c1ccccc1. The number of allylic oxidation sites excluding steroid dienone is 4. The zero-order valence-corrected chi connectivity index (χ0v) is 38.9. The van der Waals surface area contributed by atoms with Crippen LogP contribution in [0, 0.1) is 50.5 Å². The standard InChI is InChI=1S/C29H33.C13H10.C10H9S.2ClH.Zr/c1-14-13-24-25(18(5)15(14)2)21(8)28-27-20(7)17(4)16(3)19(6)26(27)22-11-9-10-12-23(22)29(24)28;1-3-7-12(8-4-1)11-13-9-5-2-6-10-13;1-8-2-3-9(6-8)10-4-5-11-7-10;;;/h9-13,16-17,19,21H,1-8H3;1-10H;2-5,7-8H,1H3;2*1H;/q-1;;-1;;;+2/p-2. The number of hydrogen-bond acceptors (Lipinski definition) is 1. The van der Waals surface area contributed by atoms with Crippen LogP contribution < -0.4 is 24.8 Å². The molecule has 0 saturated carbocycles. The predicted molar refractivity (Wildman–Crippen MR) is 231 cm³/mol. The topological polar surface area (TPSA) is 0 Å². The van der Waals surface area contributed by atoms with Crippen LogP contribution in [0.3, 0.4) is 0 Å². The molecule has 0 N–H and O–H groups in total. The molecule has 0 bridgehead atoms. The fraction of sp³-hybridized carbons (Fsp3) is 0.269. The van der Waals surface area contributed by atoms with Gasteiger partial charge >= 0.3 is 99.2 Å². The monoisotopic (exact) mass is 868 g/mol. The van der Waals surface area contributed by atoms with Crippen LogP contribution in [0.4, 0.5) is 0 Å². The van der Waals surface area contributed by atoms with E-state index in [0.717, 1.165) is 0 Å². The summed E-state index contributed by atoms with van der Waals surface area (Å²) in [5.41, 5.74) is 18.9. The number of thiophene rings is 1. The van der Waals surface area contributed by atoms with E-state index in [2.05, 4.69) is 188 Å². The second-order valence-electron chi connectivity index (χ2n) is 15.7. The molecule has 3 aliphatic carbocycles. The summed E-state index contributed by atoms with van der Waals surface area (Å²) in [6.07, 6.45) is 7.69. The Morgan fingerprint density at radius 3 is 1.86 bits per heavy atom. The van der Waals surface area contributed by atoms with Crippen LogP contribution >= 0.6 is 11.3 Å². The van der Waals surface area contributed by atoms with Gasteiger partial charge in [0.05, 0.1) is 0 Å². The van der Waals surface area contributed by atoms with Crippen LogP contribution in [0.25, 0.3) is 27.5 Å². The summed E-state index contributed by atoms with van der Waals surface area (Å²) in [5, 5.41) is 7.18. The van der Waals surface area contributed by atoms with Gasteiger partial charge in [-0.15, -0.1) is 22.8 Å². The van der Waals surface area contributed by atoms with E-state index in [-0.39, 0.29) is 24.8 Å². The predicted octanol–water partition coefficient (Wildman–Crippen LogP) is 8.18. The molecular weight excluding hydrogens is 819 g/mol. The number of benzene rings is 5. The summed E-state index contributed by atoms with van der Waals surface area (Å²) in [6, 6.07) is 34.9. The van der Waals surface area contributed by atoms with Crippen LogP contribution in [0.5, 0.6) is 0 Å². The van der Waals surface area contributed by atoms with E-state index in [1.165, 1.54) is 88.3 Å². The summed E-state index contributed by atoms with van der Waals surface area (Å²) in [7, 11) is 0. The van der Waals surface area contributed by atoms with Gasteiger partial charge in [0.2, 0.25) is 0 Å². The third kappa shape index (κ3) is 8.20. The van der Waals surface area contributed by atoms with Crippen LogP contribution in [0.2, 0.25) is 0 Å². The van der Waals surface area contributed by atoms with Gasteiger partial charge in [0, 0.05) is 0 Å². The molecule has 1 heterocycles. The van der Waals surface area contributed by atoms with Gasteiger partial charge in [-0.3, -0.25) is 0 Å². The molecule has 0 nitrogen and oxygen atoms in total. The molecule has 0 fully saturated rings. The molecule has 5 aromatic carbocycles. The molecule has 4 heteroatoms. The molecule has 0 radical (unpaired) electrons. The Hall–Kier alpha value is -3.26. The average molecular weight is 871 g/mol. The van der Waals surface area contributed by atoms with E-state index < -0.39 is 0 Å². The number of aryl methyl sites for hydroxylation is 1. The van der Waals surface area contributed by atoms with Gasteiger partial charge in [0.15, 0.2) is 0 Å². The van der Waals surface area contributed by atoms with Crippen LogP contribution in [0.1, 0.15) is 109 Å². The van der Waals surface area contributed by atoms with E-state index in [9.17, 15) is 0 Å². The quantitative estimate of drug-likeness (QED) is 0.158. The minimum atomic E-state index is 0. The first-order chi connectivity index (χ1) is 26.0. The van der Waals surface area contributed by atoms with Crippen LogP contribution in [0.15, 0.2) is 120 Å². The second kappa shape index (κ2) is 18.6. The Morgan fingerprint density at radius 1 is 0.714 bits per heavy atom. The average Bonchev–Trinajstić information content (AvgIpc) is 3.96. The Kier molecular flexibility index (Phi) is 14.5. The van der Waals surface area contributed by atoms with Gasteiger partial charge in [0.1, 0.15) is 0 Å². The second-order valence-corrected chi connectivity index (χ2v) is 17.7. The van der Waals surface area contributed by atoms with E-state index in [0.29, 0.717) is 29.6 Å². The maximum absolute atomic E-state index is 3.37. The van der Waals surface area contributed by atoms with Crippen molar-refractivity contribution < 1.29 is 49.0 Å². The molecule has 6 aromatic rings. The third-order valence-electron chi connectivity index (χ3n) is 12.6. The Labute approximate surface area is 367 Å². The first-order valence-corrected chi connectivity index (χ1v) is 21.7. The van der Waals surface area contributed by atoms with Gasteiger partial charge in [-0.05, 0) is 65.3 Å². The molecule has 0 saturated heterocycles. The summed E-state index contributed by atoms with van der Waals surface area (Å²) in [4.78, 5) is 0. The van der Waals surface area contributed by atoms with Crippen LogP contribution in [-0.4, -0.2) is 3.21 Å². The maximum atomic E-state index is 3.37. The van der Waals surface area contributed by atoms with Gasteiger partial charge < -0.3 is 24.8 Å². The molecule has 5 atom stereocenters. The Balaban J connectivity index is 0.000000185. The minimum absolute atomic E-state index is 0. The van der Waals surface area contributed by atoms with Crippen molar-refractivity contribution in [3.63, 3.8) is 0 Å². The molecule has 286 valence electrons. The molecule has 56 heavy (non-hydrogen) atoms. The zero-order chi connectivity index (χ0) is 38.3. The molecule has 0 spiro atoms. The van der Waals surface area contributed by atoms with E-state index in [4.69, 9.17) is 0 Å². The van der Waals surface area contributed by atoms with E-state index in [1.807, 2.05) is 0 Å². The summed E-state index contributed by atoms with van der Waals surface area (Å²) in [6.45, 7) is 21.2. The van der Waals surface area contributed by atoms with E-state index in [1.54, 1.807) is 39.5 Å². The van der Waals surface area contributed by atoms with Gasteiger partial charge in [0.25, 0.3) is 0 Å². The fourth-order valence-electron chi connectivity index (χ4n) is 8.99. The molecule has 1 aromatic heterocycles. The first kappa shape index (κ1) is 43.9. The third-order valence-corrected chi connectivity index (χ3v) is 14.7. The normalized spacial score (nSPS) is 19.9. The van der Waals surface area contributed by atoms with E-state index >= 15 is 0 Å². The molecule has 5 unspecified atom stereocenters. The zero-order valence-electron chi connectivity index (χ0n) is 34.1. The number of hydrogen-bond donors (Lipinski definition) is 0. The summed E-state index contributed by atoms with van der Waals surface area (Å²) in [5.74, 6) is 4.43. The van der Waals surface area contributed by atoms with Gasteiger partial charge in [-0.1, -0.05) is 118 Å². The van der Waals surface area contributed by atoms with Gasteiger partial charge in [-0.25, -0.2) is 0 Å². The van der Waals surface area contributed by atoms with Crippen molar-refractivity contribution in [2.45, 2.75) is 74.1 Å². The number of fused-ring (bicyclic) bond motifs is 8. The van der Waals surface area contributed by atoms with Crippen molar-refractivity contribution in [2.24, 2.45) is 17.8 Å². The molecular formula is C52H52Cl2SZr-2. The fourth-order valence-corrected chi connectivity index (χ4v) is 10.5. The molecule has 9 rings (SSSR count). The first-order valence-electron chi connectivity index (χ1n) is 19.6. The van der Waals surface area contributed by atoms with Gasteiger partial charge in [-0.2, -0.15) is 40.5 Å². The van der Waals surface area contributed by atoms with Crippen molar-refractivity contribution >= 4 is 30.9 Å². The van der Waals surface area contributed by atoms with Crippen molar-refractivity contribution in [3.8, 4) is 11.1 Å². The summed E-state index contributed by atoms with van der Waals surface area (Å²) >= 11 is 3.19. The molecule has 3 aliphatic rings. The van der Waals surface area contributed by atoms with Crippen molar-refractivity contribution in [1.29, 1.82) is 0 Å². The summed E-state index contributed by atoms with van der Waals surface area (Å²) < 4.78 is 1.42. The van der Waals surface area contributed by atoms with Crippen molar-refractivity contribution in [2.75, 3.05) is 0 Å². The molecule has 0 amide bonds. The molecule has 0 aliphatic heterocycles. The number of rotatable bonds is 3. The Morgan fingerprint density at radius 2 is 1.30 bits per heavy atom. The Bertz CT molecular complexity index is 2330. The number of halogens is 2. The van der Waals surface area contributed by atoms with Crippen molar-refractivity contribution in [3.05, 3.63) is 188 Å². The van der Waals surface area contributed by atoms with Crippen LogP contribution in [-0.2, 0) is 24.2 Å². The van der Waals surface area contributed by atoms with Crippen molar-refractivity contribution in [1.82, 2.24) is 0 Å².